The summed E-state index contributed by atoms with van der Waals surface area (Å²) in [5, 5.41) is 1.86. The fourth-order valence-corrected chi connectivity index (χ4v) is 2.76. The van der Waals surface area contributed by atoms with Crippen molar-refractivity contribution in [3.8, 4) is 11.8 Å². The quantitative estimate of drug-likeness (QED) is 0.788. The van der Waals surface area contributed by atoms with Crippen molar-refractivity contribution in [3.63, 3.8) is 0 Å². The molecule has 1 unspecified atom stereocenters. The smallest absolute Gasteiger partial charge is 0.254 e. The van der Waals surface area contributed by atoms with Gasteiger partial charge in [0.15, 0.2) is 0 Å². The van der Waals surface area contributed by atoms with Crippen LogP contribution in [0.3, 0.4) is 0 Å². The zero-order valence-electron chi connectivity index (χ0n) is 11.0. The highest BCUT2D eigenvalue weighted by atomic mass is 32.1. The predicted octanol–water partition coefficient (Wildman–Crippen LogP) is 1.31. The molecule has 19 heavy (non-hydrogen) atoms. The highest BCUT2D eigenvalue weighted by Gasteiger charge is 2.21. The fourth-order valence-electron chi connectivity index (χ4n) is 2.01. The van der Waals surface area contributed by atoms with Crippen molar-refractivity contribution in [1.29, 1.82) is 0 Å². The van der Waals surface area contributed by atoms with Gasteiger partial charge in [0.2, 0.25) is 0 Å². The van der Waals surface area contributed by atoms with E-state index >= 15 is 0 Å². The number of nitrogens with zero attached hydrogens (tertiary/aromatic N) is 1. The van der Waals surface area contributed by atoms with E-state index in [1.807, 2.05) is 23.3 Å². The molecule has 1 aromatic rings. The number of hydrogen-bond acceptors (Lipinski definition) is 4. The minimum Gasteiger partial charge on any atom is -0.377 e. The molecule has 1 amide bonds. The van der Waals surface area contributed by atoms with Crippen LogP contribution in [0, 0.1) is 11.8 Å². The summed E-state index contributed by atoms with van der Waals surface area (Å²) in [5.41, 5.74) is 6.04. The lowest BCUT2D eigenvalue weighted by Crippen LogP contribution is -2.35. The third-order valence-electron chi connectivity index (χ3n) is 2.90. The van der Waals surface area contributed by atoms with Crippen LogP contribution in [0.1, 0.15) is 28.6 Å². The first kappa shape index (κ1) is 14.1. The predicted molar refractivity (Wildman–Crippen MR) is 76.2 cm³/mol. The molecule has 0 bridgehead atoms. The number of ether oxygens (including phenoxy) is 1. The molecule has 5 heteroatoms. The average Bonchev–Trinajstić information content (AvgIpc) is 2.77. The van der Waals surface area contributed by atoms with Gasteiger partial charge in [-0.1, -0.05) is 11.8 Å². The van der Waals surface area contributed by atoms with Crippen LogP contribution >= 0.6 is 11.3 Å². The number of carbonyl (C=O) groups excluding carboxylic acids is 1. The highest BCUT2D eigenvalue weighted by molar-refractivity contribution is 7.10. The maximum absolute atomic E-state index is 12.4. The van der Waals surface area contributed by atoms with Crippen LogP contribution in [0.5, 0.6) is 0 Å². The lowest BCUT2D eigenvalue weighted by atomic mass is 10.2. The molecule has 1 aromatic heterocycles. The van der Waals surface area contributed by atoms with E-state index in [9.17, 15) is 4.79 Å². The summed E-state index contributed by atoms with van der Waals surface area (Å²) in [6.45, 7) is 4.46. The summed E-state index contributed by atoms with van der Waals surface area (Å²) in [6.07, 6.45) is 0.988. The number of amides is 1. The van der Waals surface area contributed by atoms with Crippen molar-refractivity contribution in [1.82, 2.24) is 4.90 Å². The molecule has 0 radical (unpaired) electrons. The molecule has 1 fully saturated rings. The summed E-state index contributed by atoms with van der Waals surface area (Å²) >= 11 is 1.48. The van der Waals surface area contributed by atoms with E-state index in [1.54, 1.807) is 0 Å². The number of nitrogens with two attached hydrogens (primary N) is 1. The van der Waals surface area contributed by atoms with Crippen molar-refractivity contribution in [2.75, 3.05) is 26.2 Å². The van der Waals surface area contributed by atoms with Crippen molar-refractivity contribution < 1.29 is 9.53 Å². The molecule has 0 aromatic carbocycles. The second-order valence-corrected chi connectivity index (χ2v) is 5.40. The first-order chi connectivity index (χ1) is 9.20. The van der Waals surface area contributed by atoms with Gasteiger partial charge in [0.25, 0.3) is 5.91 Å². The number of hydrogen-bond donors (Lipinski definition) is 1. The van der Waals surface area contributed by atoms with Gasteiger partial charge in [-0.3, -0.25) is 4.79 Å². The van der Waals surface area contributed by atoms with Crippen molar-refractivity contribution >= 4 is 17.2 Å². The molecule has 1 aliphatic rings. The van der Waals surface area contributed by atoms with Crippen molar-refractivity contribution in [3.05, 3.63) is 21.9 Å². The van der Waals surface area contributed by atoms with E-state index in [-0.39, 0.29) is 12.0 Å². The van der Waals surface area contributed by atoms with Crippen LogP contribution < -0.4 is 5.73 Å². The molecule has 1 aliphatic heterocycles. The monoisotopic (exact) mass is 278 g/mol. The maximum Gasteiger partial charge on any atom is 0.254 e. The third kappa shape index (κ3) is 3.80. The van der Waals surface area contributed by atoms with Crippen molar-refractivity contribution in [2.24, 2.45) is 5.73 Å². The van der Waals surface area contributed by atoms with Crippen LogP contribution in [-0.4, -0.2) is 43.2 Å². The van der Waals surface area contributed by atoms with E-state index in [1.165, 1.54) is 11.3 Å². The van der Waals surface area contributed by atoms with Crippen LogP contribution in [0.2, 0.25) is 0 Å². The Balaban J connectivity index is 2.07. The number of carbonyl (C=O) groups is 1. The Morgan fingerprint density at radius 3 is 3.32 bits per heavy atom. The van der Waals surface area contributed by atoms with Crippen LogP contribution in [0.25, 0.3) is 0 Å². The van der Waals surface area contributed by atoms with E-state index in [4.69, 9.17) is 10.5 Å². The lowest BCUT2D eigenvalue weighted by Gasteiger charge is -2.21. The van der Waals surface area contributed by atoms with E-state index < -0.39 is 0 Å². The van der Waals surface area contributed by atoms with Crippen molar-refractivity contribution in [2.45, 2.75) is 19.4 Å². The molecule has 1 saturated heterocycles. The second kappa shape index (κ2) is 6.71. The van der Waals surface area contributed by atoms with Crippen LogP contribution in [0.4, 0.5) is 0 Å². The molecular formula is C14H18N2O2S. The third-order valence-corrected chi connectivity index (χ3v) is 3.75. The van der Waals surface area contributed by atoms with Crippen LogP contribution in [0.15, 0.2) is 11.4 Å². The van der Waals surface area contributed by atoms with Gasteiger partial charge in [-0.05, 0) is 19.4 Å². The summed E-state index contributed by atoms with van der Waals surface area (Å²) < 4.78 is 5.55. The Morgan fingerprint density at radius 1 is 1.68 bits per heavy atom. The molecule has 0 spiro atoms. The lowest BCUT2D eigenvalue weighted by molar-refractivity contribution is 0.0563. The van der Waals surface area contributed by atoms with E-state index in [2.05, 4.69) is 11.8 Å². The van der Waals surface area contributed by atoms with Gasteiger partial charge < -0.3 is 15.4 Å². The van der Waals surface area contributed by atoms with E-state index in [0.717, 1.165) is 24.4 Å². The van der Waals surface area contributed by atoms with Gasteiger partial charge in [0.1, 0.15) is 0 Å². The molecule has 2 rings (SSSR count). The molecule has 2 N–H and O–H groups in total. The Labute approximate surface area is 117 Å². The number of thiophene rings is 1. The van der Waals surface area contributed by atoms with Gasteiger partial charge >= 0.3 is 0 Å². The molecule has 4 nitrogen and oxygen atoms in total. The summed E-state index contributed by atoms with van der Waals surface area (Å²) in [6, 6.07) is 1.84. The zero-order chi connectivity index (χ0) is 13.7. The standard InChI is InChI=1S/C14H18N2O2S/c1-11-9-16(6-3-7-18-11)14(17)12-8-13(19-10-12)4-2-5-15/h8,10-11H,3,5-7,9,15H2,1H3. The molecular weight excluding hydrogens is 260 g/mol. The van der Waals surface area contributed by atoms with Gasteiger partial charge in [0, 0.05) is 25.1 Å². The molecule has 0 saturated carbocycles. The Kier molecular flexibility index (Phi) is 4.97. The van der Waals surface area contributed by atoms with Gasteiger partial charge in [0.05, 0.1) is 23.1 Å². The first-order valence-electron chi connectivity index (χ1n) is 6.39. The Morgan fingerprint density at radius 2 is 2.53 bits per heavy atom. The minimum absolute atomic E-state index is 0.0643. The van der Waals surface area contributed by atoms with Gasteiger partial charge in [-0.15, -0.1) is 11.3 Å². The van der Waals surface area contributed by atoms with E-state index in [0.29, 0.717) is 18.7 Å². The average molecular weight is 278 g/mol. The summed E-state index contributed by atoms with van der Waals surface area (Å²) in [4.78, 5) is 15.1. The Hall–Kier alpha value is -1.35. The molecule has 0 aliphatic carbocycles. The molecule has 102 valence electrons. The van der Waals surface area contributed by atoms with Gasteiger partial charge in [-0.2, -0.15) is 0 Å². The summed E-state index contributed by atoms with van der Waals surface area (Å²) in [5.74, 6) is 5.81. The zero-order valence-corrected chi connectivity index (χ0v) is 11.8. The first-order valence-corrected chi connectivity index (χ1v) is 7.27. The largest absolute Gasteiger partial charge is 0.377 e. The Bertz CT molecular complexity index is 501. The molecule has 2 heterocycles. The normalized spacial score (nSPS) is 19.5. The fraction of sp³-hybridized carbons (Fsp3) is 0.500. The summed E-state index contributed by atoms with van der Waals surface area (Å²) in [7, 11) is 0. The maximum atomic E-state index is 12.4. The topological polar surface area (TPSA) is 55.6 Å². The van der Waals surface area contributed by atoms with Crippen LogP contribution in [-0.2, 0) is 4.74 Å². The SMILES string of the molecule is CC1CN(C(=O)c2csc(C#CCN)c2)CCCO1. The van der Waals surface area contributed by atoms with Gasteiger partial charge in [-0.25, -0.2) is 0 Å². The number of rotatable bonds is 1. The second-order valence-electron chi connectivity index (χ2n) is 4.49. The molecule has 1 atom stereocenters. The highest BCUT2D eigenvalue weighted by Crippen LogP contribution is 2.17. The minimum atomic E-state index is 0.0643.